The van der Waals surface area contributed by atoms with Crippen LogP contribution in [0.4, 0.5) is 17.6 Å². The molecule has 0 aliphatic carbocycles. The zero-order valence-corrected chi connectivity index (χ0v) is 16.7. The summed E-state index contributed by atoms with van der Waals surface area (Å²) < 4.78 is 78.9. The Kier molecular flexibility index (Phi) is 5.55. The Labute approximate surface area is 169 Å². The van der Waals surface area contributed by atoms with Gasteiger partial charge in [0.25, 0.3) is 0 Å². The van der Waals surface area contributed by atoms with Crippen molar-refractivity contribution in [1.82, 2.24) is 9.78 Å². The molecular weight excluding hydrogens is 424 g/mol. The van der Waals surface area contributed by atoms with Crippen molar-refractivity contribution in [1.29, 1.82) is 0 Å². The third-order valence-electron chi connectivity index (χ3n) is 4.38. The van der Waals surface area contributed by atoms with Crippen LogP contribution in [0, 0.1) is 5.82 Å². The van der Waals surface area contributed by atoms with Crippen LogP contribution in [0.25, 0.3) is 22.4 Å². The molecule has 0 atom stereocenters. The second-order valence-corrected chi connectivity index (χ2v) is 8.55. The molecule has 0 spiro atoms. The summed E-state index contributed by atoms with van der Waals surface area (Å²) in [5.74, 6) is -1.51. The standard InChI is InChI=1S/C20H16F4N2O3S/c1-3-16(27)26-19(20(22,23)24)17(12-4-8-14(21)9-5-12)18(25-26)13-6-10-15(11-7-13)30(2,28)29/h4-11H,3H2,1-2H3. The van der Waals surface area contributed by atoms with E-state index in [4.69, 9.17) is 0 Å². The van der Waals surface area contributed by atoms with Crippen LogP contribution in [0.15, 0.2) is 53.4 Å². The maximum absolute atomic E-state index is 14.0. The summed E-state index contributed by atoms with van der Waals surface area (Å²) in [5.41, 5.74) is -1.65. The maximum atomic E-state index is 14.0. The summed E-state index contributed by atoms with van der Waals surface area (Å²) in [4.78, 5) is 12.2. The Morgan fingerprint density at radius 1 is 1.00 bits per heavy atom. The molecule has 30 heavy (non-hydrogen) atoms. The van der Waals surface area contributed by atoms with Gasteiger partial charge in [0, 0.05) is 23.8 Å². The minimum Gasteiger partial charge on any atom is -0.273 e. The molecular formula is C20H16F4N2O3S. The zero-order valence-electron chi connectivity index (χ0n) is 15.9. The Morgan fingerprint density at radius 2 is 1.53 bits per heavy atom. The first-order valence-electron chi connectivity index (χ1n) is 8.73. The minimum atomic E-state index is -4.92. The lowest BCUT2D eigenvalue weighted by Gasteiger charge is -2.12. The first-order chi connectivity index (χ1) is 13.9. The summed E-state index contributed by atoms with van der Waals surface area (Å²) in [6.07, 6.45) is -4.14. The van der Waals surface area contributed by atoms with Crippen LogP contribution in [0.2, 0.25) is 0 Å². The lowest BCUT2D eigenvalue weighted by atomic mass is 9.98. The van der Waals surface area contributed by atoms with Gasteiger partial charge in [-0.25, -0.2) is 12.8 Å². The number of alkyl halides is 3. The van der Waals surface area contributed by atoms with E-state index in [9.17, 15) is 30.8 Å². The molecule has 2 aromatic carbocycles. The summed E-state index contributed by atoms with van der Waals surface area (Å²) >= 11 is 0. The van der Waals surface area contributed by atoms with E-state index in [-0.39, 0.29) is 28.1 Å². The summed E-state index contributed by atoms with van der Waals surface area (Å²) in [6.45, 7) is 1.41. The molecule has 10 heteroatoms. The van der Waals surface area contributed by atoms with E-state index in [1.54, 1.807) is 0 Å². The van der Waals surface area contributed by atoms with Crippen molar-refractivity contribution in [2.45, 2.75) is 24.4 Å². The highest BCUT2D eigenvalue weighted by Crippen LogP contribution is 2.43. The number of carbonyl (C=O) groups is 1. The van der Waals surface area contributed by atoms with Crippen molar-refractivity contribution in [3.63, 3.8) is 0 Å². The fraction of sp³-hybridized carbons (Fsp3) is 0.200. The second kappa shape index (κ2) is 7.67. The van der Waals surface area contributed by atoms with E-state index in [1.807, 2.05) is 0 Å². The van der Waals surface area contributed by atoms with Gasteiger partial charge in [-0.3, -0.25) is 4.79 Å². The number of hydrogen-bond donors (Lipinski definition) is 0. The van der Waals surface area contributed by atoms with Gasteiger partial charge in [0.2, 0.25) is 5.91 Å². The Balaban J connectivity index is 2.35. The molecule has 1 heterocycles. The fourth-order valence-electron chi connectivity index (χ4n) is 2.96. The number of aromatic nitrogens is 2. The highest BCUT2D eigenvalue weighted by Gasteiger charge is 2.42. The highest BCUT2D eigenvalue weighted by atomic mass is 32.2. The number of sulfone groups is 1. The predicted octanol–water partition coefficient (Wildman–Crippen LogP) is 4.83. The van der Waals surface area contributed by atoms with Gasteiger partial charge in [-0.15, -0.1) is 0 Å². The maximum Gasteiger partial charge on any atom is 0.434 e. The largest absolute Gasteiger partial charge is 0.434 e. The van der Waals surface area contributed by atoms with Crippen molar-refractivity contribution >= 4 is 15.7 Å². The van der Waals surface area contributed by atoms with E-state index in [1.165, 1.54) is 31.2 Å². The predicted molar refractivity (Wildman–Crippen MR) is 102 cm³/mol. The summed E-state index contributed by atoms with van der Waals surface area (Å²) in [6, 6.07) is 9.45. The van der Waals surface area contributed by atoms with Gasteiger partial charge < -0.3 is 0 Å². The van der Waals surface area contributed by atoms with Crippen molar-refractivity contribution in [2.24, 2.45) is 0 Å². The highest BCUT2D eigenvalue weighted by molar-refractivity contribution is 7.90. The lowest BCUT2D eigenvalue weighted by molar-refractivity contribution is -0.142. The van der Waals surface area contributed by atoms with E-state index in [2.05, 4.69) is 5.10 Å². The van der Waals surface area contributed by atoms with Gasteiger partial charge in [0.1, 0.15) is 11.5 Å². The average molecular weight is 440 g/mol. The molecule has 0 saturated carbocycles. The van der Waals surface area contributed by atoms with Crippen LogP contribution in [0.5, 0.6) is 0 Å². The topological polar surface area (TPSA) is 69.0 Å². The Hall–Kier alpha value is -3.01. The van der Waals surface area contributed by atoms with Crippen LogP contribution in [-0.4, -0.2) is 30.4 Å². The van der Waals surface area contributed by atoms with Crippen LogP contribution >= 0.6 is 0 Å². The second-order valence-electron chi connectivity index (χ2n) is 6.53. The number of benzene rings is 2. The molecule has 0 radical (unpaired) electrons. The summed E-state index contributed by atoms with van der Waals surface area (Å²) in [7, 11) is -3.51. The van der Waals surface area contributed by atoms with E-state index < -0.39 is 39.0 Å². The number of nitrogens with zero attached hydrogens (tertiary/aromatic N) is 2. The van der Waals surface area contributed by atoms with Crippen molar-refractivity contribution in [2.75, 3.05) is 6.26 Å². The van der Waals surface area contributed by atoms with Crippen molar-refractivity contribution in [3.05, 3.63) is 60.0 Å². The number of rotatable bonds is 4. The number of halogens is 4. The third kappa shape index (κ3) is 4.13. The number of carbonyl (C=O) groups excluding carboxylic acids is 1. The van der Waals surface area contributed by atoms with Crippen molar-refractivity contribution in [3.8, 4) is 22.4 Å². The molecule has 158 valence electrons. The molecule has 1 aromatic heterocycles. The van der Waals surface area contributed by atoms with Crippen LogP contribution < -0.4 is 0 Å². The Bertz CT molecular complexity index is 1200. The smallest absolute Gasteiger partial charge is 0.273 e. The summed E-state index contributed by atoms with van der Waals surface area (Å²) in [5, 5.41) is 3.91. The molecule has 0 saturated heterocycles. The zero-order chi connectivity index (χ0) is 22.3. The number of hydrogen-bond acceptors (Lipinski definition) is 4. The molecule has 0 bridgehead atoms. The first kappa shape index (κ1) is 21.7. The van der Waals surface area contributed by atoms with Gasteiger partial charge in [-0.05, 0) is 29.8 Å². The molecule has 3 rings (SSSR count). The molecule has 0 unspecified atom stereocenters. The molecule has 0 N–H and O–H groups in total. The van der Waals surface area contributed by atoms with Crippen LogP contribution in [-0.2, 0) is 16.0 Å². The Morgan fingerprint density at radius 3 is 2.00 bits per heavy atom. The van der Waals surface area contributed by atoms with Gasteiger partial charge in [0.15, 0.2) is 15.5 Å². The quantitative estimate of drug-likeness (QED) is 0.545. The average Bonchev–Trinajstić information content (AvgIpc) is 3.08. The SMILES string of the molecule is CCC(=O)n1nc(-c2ccc(S(C)(=O)=O)cc2)c(-c2ccc(F)cc2)c1C(F)(F)F. The van der Waals surface area contributed by atoms with Crippen LogP contribution in [0.3, 0.4) is 0 Å². The fourth-order valence-corrected chi connectivity index (χ4v) is 3.59. The van der Waals surface area contributed by atoms with Gasteiger partial charge in [0.05, 0.1) is 4.90 Å². The monoisotopic (exact) mass is 440 g/mol. The van der Waals surface area contributed by atoms with E-state index in [0.29, 0.717) is 4.68 Å². The van der Waals surface area contributed by atoms with Gasteiger partial charge in [-0.1, -0.05) is 31.2 Å². The van der Waals surface area contributed by atoms with E-state index >= 15 is 0 Å². The lowest BCUT2D eigenvalue weighted by Crippen LogP contribution is -2.21. The minimum absolute atomic E-state index is 0.0149. The van der Waals surface area contributed by atoms with Crippen LogP contribution in [0.1, 0.15) is 23.8 Å². The normalized spacial score (nSPS) is 12.2. The van der Waals surface area contributed by atoms with E-state index in [0.717, 1.165) is 30.5 Å². The third-order valence-corrected chi connectivity index (χ3v) is 5.51. The van der Waals surface area contributed by atoms with Crippen molar-refractivity contribution < 1.29 is 30.8 Å². The molecule has 0 amide bonds. The van der Waals surface area contributed by atoms with Gasteiger partial charge >= 0.3 is 6.18 Å². The molecule has 0 aliphatic heterocycles. The first-order valence-corrected chi connectivity index (χ1v) is 10.6. The molecule has 0 aliphatic rings. The molecule has 5 nitrogen and oxygen atoms in total. The van der Waals surface area contributed by atoms with Gasteiger partial charge in [-0.2, -0.15) is 23.0 Å². The molecule has 3 aromatic rings. The molecule has 0 fully saturated rings.